The van der Waals surface area contributed by atoms with Gasteiger partial charge in [-0.1, -0.05) is 115 Å². The molecule has 7 aromatic carbocycles. The van der Waals surface area contributed by atoms with Crippen LogP contribution in [0.15, 0.2) is 162 Å². The molecule has 3 heterocycles. The van der Waals surface area contributed by atoms with Crippen molar-refractivity contribution < 1.29 is 4.42 Å². The van der Waals surface area contributed by atoms with E-state index in [-0.39, 0.29) is 5.92 Å². The van der Waals surface area contributed by atoms with Crippen LogP contribution in [0.4, 0.5) is 0 Å². The summed E-state index contributed by atoms with van der Waals surface area (Å²) in [7, 11) is 0. The number of allylic oxidation sites excluding steroid dienone is 1. The second-order valence-electron chi connectivity index (χ2n) is 13.9. The SMILES string of the molecule is C#Cc1c(/C=C\C)c2ccccc2n1-c1ccc2c(c1)c1ccccc1n2-c1ccc2c(c1)-c1ccccc1C2c1cccc2oc3ccccc3c12. The van der Waals surface area contributed by atoms with Crippen LogP contribution in [0.25, 0.3) is 83.2 Å². The highest BCUT2D eigenvalue weighted by atomic mass is 16.3. The Morgan fingerprint density at radius 2 is 1.19 bits per heavy atom. The van der Waals surface area contributed by atoms with Gasteiger partial charge in [-0.25, -0.2) is 0 Å². The molecule has 10 aromatic rings. The quantitative estimate of drug-likeness (QED) is 0.170. The molecule has 0 N–H and O–H groups in total. The highest BCUT2D eigenvalue weighted by Gasteiger charge is 2.32. The van der Waals surface area contributed by atoms with E-state index in [1.165, 1.54) is 49.5 Å². The number of hydrogen-bond acceptors (Lipinski definition) is 1. The van der Waals surface area contributed by atoms with Crippen molar-refractivity contribution in [2.24, 2.45) is 0 Å². The van der Waals surface area contributed by atoms with Gasteiger partial charge < -0.3 is 13.6 Å². The third-order valence-corrected chi connectivity index (χ3v) is 11.2. The molecule has 0 fully saturated rings. The third kappa shape index (κ3) is 4.12. The summed E-state index contributed by atoms with van der Waals surface area (Å²) in [6.45, 7) is 2.03. The van der Waals surface area contributed by atoms with Gasteiger partial charge in [-0.05, 0) is 89.3 Å². The largest absolute Gasteiger partial charge is 0.456 e. The maximum Gasteiger partial charge on any atom is 0.135 e. The topological polar surface area (TPSA) is 23.0 Å². The van der Waals surface area contributed by atoms with E-state index < -0.39 is 0 Å². The Balaban J connectivity index is 1.12. The molecule has 0 radical (unpaired) electrons. The lowest BCUT2D eigenvalue weighted by Gasteiger charge is -2.16. The number of benzene rings is 7. The van der Waals surface area contributed by atoms with Crippen LogP contribution in [0.1, 0.15) is 40.8 Å². The zero-order chi connectivity index (χ0) is 35.2. The molecule has 1 aliphatic carbocycles. The van der Waals surface area contributed by atoms with Gasteiger partial charge in [-0.15, -0.1) is 6.42 Å². The summed E-state index contributed by atoms with van der Waals surface area (Å²) in [5, 5.41) is 5.89. The molecule has 53 heavy (non-hydrogen) atoms. The lowest BCUT2D eigenvalue weighted by atomic mass is 9.86. The molecular formula is C50H32N2O. The Hall–Kier alpha value is -7.02. The second kappa shape index (κ2) is 11.2. The van der Waals surface area contributed by atoms with Crippen molar-refractivity contribution in [2.45, 2.75) is 12.8 Å². The minimum atomic E-state index is 0.0925. The molecule has 3 aromatic heterocycles. The maximum atomic E-state index is 6.34. The van der Waals surface area contributed by atoms with Crippen molar-refractivity contribution in [1.82, 2.24) is 9.13 Å². The first-order chi connectivity index (χ1) is 26.2. The number of furan rings is 1. The number of aromatic nitrogens is 2. The van der Waals surface area contributed by atoms with Crippen LogP contribution < -0.4 is 0 Å². The van der Waals surface area contributed by atoms with Crippen molar-refractivity contribution >= 4 is 60.7 Å². The van der Waals surface area contributed by atoms with Crippen LogP contribution in [-0.2, 0) is 0 Å². The first-order valence-electron chi connectivity index (χ1n) is 18.1. The summed E-state index contributed by atoms with van der Waals surface area (Å²) in [5.41, 5.74) is 15.8. The molecule has 248 valence electrons. The first kappa shape index (κ1) is 29.7. The fourth-order valence-electron chi connectivity index (χ4n) is 9.10. The molecule has 3 heteroatoms. The smallest absolute Gasteiger partial charge is 0.135 e. The van der Waals surface area contributed by atoms with Crippen LogP contribution in [0.5, 0.6) is 0 Å². The van der Waals surface area contributed by atoms with E-state index in [2.05, 4.69) is 173 Å². The molecule has 0 amide bonds. The van der Waals surface area contributed by atoms with E-state index in [1.54, 1.807) is 0 Å². The van der Waals surface area contributed by atoms with E-state index in [4.69, 9.17) is 10.8 Å². The zero-order valence-corrected chi connectivity index (χ0v) is 29.0. The molecule has 11 rings (SSSR count). The molecule has 0 aliphatic heterocycles. The average Bonchev–Trinajstić information content (AvgIpc) is 3.94. The summed E-state index contributed by atoms with van der Waals surface area (Å²) < 4.78 is 11.0. The van der Waals surface area contributed by atoms with Gasteiger partial charge in [0, 0.05) is 49.8 Å². The van der Waals surface area contributed by atoms with Gasteiger partial charge in [0.1, 0.15) is 16.9 Å². The summed E-state index contributed by atoms with van der Waals surface area (Å²) in [6, 6.07) is 54.7. The highest BCUT2D eigenvalue weighted by Crippen LogP contribution is 2.51. The van der Waals surface area contributed by atoms with Crippen molar-refractivity contribution in [3.8, 4) is 34.8 Å². The van der Waals surface area contributed by atoms with E-state index >= 15 is 0 Å². The second-order valence-corrected chi connectivity index (χ2v) is 13.9. The number of rotatable bonds is 4. The molecule has 0 spiro atoms. The first-order valence-corrected chi connectivity index (χ1v) is 18.1. The summed E-state index contributed by atoms with van der Waals surface area (Å²) in [4.78, 5) is 0. The average molecular weight is 677 g/mol. The van der Waals surface area contributed by atoms with Crippen molar-refractivity contribution in [1.29, 1.82) is 0 Å². The number of nitrogens with zero attached hydrogens (tertiary/aromatic N) is 2. The number of para-hydroxylation sites is 3. The minimum absolute atomic E-state index is 0.0925. The van der Waals surface area contributed by atoms with E-state index in [0.29, 0.717) is 0 Å². The zero-order valence-electron chi connectivity index (χ0n) is 29.0. The lowest BCUT2D eigenvalue weighted by Crippen LogP contribution is -2.01. The Morgan fingerprint density at radius 3 is 2.04 bits per heavy atom. The normalized spacial score (nSPS) is 13.8. The van der Waals surface area contributed by atoms with E-state index in [9.17, 15) is 0 Å². The summed E-state index contributed by atoms with van der Waals surface area (Å²) in [5.74, 6) is 3.11. The predicted molar refractivity (Wildman–Crippen MR) is 220 cm³/mol. The van der Waals surface area contributed by atoms with Gasteiger partial charge in [0.25, 0.3) is 0 Å². The molecule has 1 unspecified atom stereocenters. The number of fused-ring (bicyclic) bond motifs is 10. The van der Waals surface area contributed by atoms with Gasteiger partial charge in [-0.2, -0.15) is 0 Å². The standard InChI is InChI=1S/C50H32N2O/c1-3-14-34-35-16-7-10-21-44(35)51(43(34)4-2)32-26-28-46-42(30-32)36-17-8-11-22-45(36)52(46)31-25-27-38-41(29-31)33-15-5-6-18-37(33)49(38)40-20-13-24-48-50(40)39-19-9-12-23-47(39)53-48/h2-3,5-30,49H,1H3/b14-3-. The van der Waals surface area contributed by atoms with Crippen LogP contribution in [-0.4, -0.2) is 9.13 Å². The Morgan fingerprint density at radius 1 is 0.547 bits per heavy atom. The van der Waals surface area contributed by atoms with Gasteiger partial charge >= 0.3 is 0 Å². The van der Waals surface area contributed by atoms with Crippen molar-refractivity contribution in [2.75, 3.05) is 0 Å². The molecule has 0 saturated carbocycles. The number of terminal acetylenes is 1. The van der Waals surface area contributed by atoms with Gasteiger partial charge in [0.05, 0.1) is 16.6 Å². The van der Waals surface area contributed by atoms with Crippen LogP contribution in [0.2, 0.25) is 0 Å². The van der Waals surface area contributed by atoms with Crippen LogP contribution in [0, 0.1) is 12.3 Å². The lowest BCUT2D eigenvalue weighted by molar-refractivity contribution is 0.668. The van der Waals surface area contributed by atoms with E-state index in [0.717, 1.165) is 55.6 Å². The summed E-state index contributed by atoms with van der Waals surface area (Å²) in [6.07, 6.45) is 10.4. The Bertz CT molecular complexity index is 3210. The van der Waals surface area contributed by atoms with Crippen LogP contribution >= 0.6 is 0 Å². The fourth-order valence-corrected chi connectivity index (χ4v) is 9.10. The molecule has 1 aliphatic rings. The molecule has 0 saturated heterocycles. The van der Waals surface area contributed by atoms with Crippen molar-refractivity contribution in [3.05, 3.63) is 186 Å². The highest BCUT2D eigenvalue weighted by molar-refractivity contribution is 6.11. The van der Waals surface area contributed by atoms with E-state index in [1.807, 2.05) is 13.0 Å². The Labute approximate surface area is 306 Å². The van der Waals surface area contributed by atoms with Gasteiger partial charge in [-0.3, -0.25) is 0 Å². The summed E-state index contributed by atoms with van der Waals surface area (Å²) >= 11 is 0. The third-order valence-electron chi connectivity index (χ3n) is 11.2. The van der Waals surface area contributed by atoms with Crippen molar-refractivity contribution in [3.63, 3.8) is 0 Å². The molecule has 0 bridgehead atoms. The monoisotopic (exact) mass is 676 g/mol. The van der Waals surface area contributed by atoms with Crippen LogP contribution in [0.3, 0.4) is 0 Å². The Kier molecular flexibility index (Phi) is 6.30. The number of hydrogen-bond donors (Lipinski definition) is 0. The van der Waals surface area contributed by atoms with Gasteiger partial charge in [0.2, 0.25) is 0 Å². The van der Waals surface area contributed by atoms with Gasteiger partial charge in [0.15, 0.2) is 0 Å². The molecular weight excluding hydrogens is 645 g/mol. The minimum Gasteiger partial charge on any atom is -0.456 e. The fraction of sp³-hybridized carbons (Fsp3) is 0.0400. The predicted octanol–water partition coefficient (Wildman–Crippen LogP) is 12.8. The maximum absolute atomic E-state index is 6.34. The molecule has 3 nitrogen and oxygen atoms in total. The molecule has 1 atom stereocenters.